The first-order valence-electron chi connectivity index (χ1n) is 11.3. The summed E-state index contributed by atoms with van der Waals surface area (Å²) in [7, 11) is 5.70. The summed E-state index contributed by atoms with van der Waals surface area (Å²) in [5.41, 5.74) is 3.97. The molecule has 4 rings (SSSR count). The molecule has 0 unspecified atom stereocenters. The second-order valence-corrected chi connectivity index (χ2v) is 8.38. The van der Waals surface area contributed by atoms with E-state index in [2.05, 4.69) is 0 Å². The third-order valence-corrected chi connectivity index (χ3v) is 5.76. The lowest BCUT2D eigenvalue weighted by Crippen LogP contribution is -2.34. The number of amides is 2. The van der Waals surface area contributed by atoms with Crippen LogP contribution in [0.15, 0.2) is 84.6 Å². The van der Waals surface area contributed by atoms with Crippen molar-refractivity contribution < 1.29 is 14.3 Å². The summed E-state index contributed by atoms with van der Waals surface area (Å²) in [6.45, 7) is 2.98. The molecule has 6 heteroatoms. The number of hydrogen-bond acceptors (Lipinski definition) is 5. The molecular weight excluding hydrogens is 426 g/mol. The van der Waals surface area contributed by atoms with Crippen LogP contribution in [-0.4, -0.2) is 44.5 Å². The van der Waals surface area contributed by atoms with Crippen LogP contribution in [0.25, 0.3) is 5.57 Å². The van der Waals surface area contributed by atoms with Gasteiger partial charge in [0.15, 0.2) is 0 Å². The van der Waals surface area contributed by atoms with Crippen LogP contribution in [-0.2, 0) is 16.1 Å². The van der Waals surface area contributed by atoms with E-state index in [-0.39, 0.29) is 11.8 Å². The molecule has 34 heavy (non-hydrogen) atoms. The Balaban J connectivity index is 1.78. The van der Waals surface area contributed by atoms with Crippen molar-refractivity contribution in [3.63, 3.8) is 0 Å². The maximum absolute atomic E-state index is 13.8. The fourth-order valence-corrected chi connectivity index (χ4v) is 4.10. The van der Waals surface area contributed by atoms with Crippen LogP contribution in [0.4, 0.5) is 11.4 Å². The molecule has 6 nitrogen and oxygen atoms in total. The Morgan fingerprint density at radius 2 is 1.53 bits per heavy atom. The maximum atomic E-state index is 13.8. The van der Waals surface area contributed by atoms with Crippen LogP contribution >= 0.6 is 0 Å². The molecule has 3 aromatic rings. The number of hydrogen-bond donors (Lipinski definition) is 0. The van der Waals surface area contributed by atoms with Crippen molar-refractivity contribution in [2.75, 3.05) is 37.5 Å². The van der Waals surface area contributed by atoms with Crippen molar-refractivity contribution in [3.8, 4) is 5.75 Å². The Bertz CT molecular complexity index is 1220. The molecule has 0 saturated heterocycles. The Hall–Kier alpha value is -4.06. The summed E-state index contributed by atoms with van der Waals surface area (Å²) >= 11 is 0. The maximum Gasteiger partial charge on any atom is 0.282 e. The van der Waals surface area contributed by atoms with Crippen molar-refractivity contribution in [1.82, 2.24) is 4.90 Å². The molecule has 1 aliphatic heterocycles. The average molecular weight is 456 g/mol. The lowest BCUT2D eigenvalue weighted by Gasteiger charge is -2.22. The van der Waals surface area contributed by atoms with Crippen LogP contribution in [0.3, 0.4) is 0 Å². The number of carbonyl (C=O) groups is 2. The van der Waals surface area contributed by atoms with Gasteiger partial charge in [0, 0.05) is 33.4 Å². The summed E-state index contributed by atoms with van der Waals surface area (Å²) in [6.07, 6.45) is 0. The summed E-state index contributed by atoms with van der Waals surface area (Å²) in [6, 6.07) is 24.7. The zero-order valence-corrected chi connectivity index (χ0v) is 20.0. The third-order valence-electron chi connectivity index (χ3n) is 5.76. The van der Waals surface area contributed by atoms with E-state index in [9.17, 15) is 9.59 Å². The first-order chi connectivity index (χ1) is 16.4. The molecular formula is C28H29N3O3. The van der Waals surface area contributed by atoms with Gasteiger partial charge in [-0.15, -0.1) is 0 Å². The molecule has 1 heterocycles. The van der Waals surface area contributed by atoms with Crippen molar-refractivity contribution >= 4 is 28.8 Å². The van der Waals surface area contributed by atoms with E-state index in [4.69, 9.17) is 4.74 Å². The first kappa shape index (κ1) is 23.1. The van der Waals surface area contributed by atoms with E-state index in [1.165, 1.54) is 4.90 Å². The molecule has 3 aromatic carbocycles. The summed E-state index contributed by atoms with van der Waals surface area (Å²) < 4.78 is 5.56. The Kier molecular flexibility index (Phi) is 6.68. The van der Waals surface area contributed by atoms with Crippen molar-refractivity contribution in [2.45, 2.75) is 13.5 Å². The highest BCUT2D eigenvalue weighted by atomic mass is 16.5. The number of nitrogens with zero attached hydrogens (tertiary/aromatic N) is 3. The number of anilines is 2. The normalized spacial score (nSPS) is 13.5. The number of likely N-dealkylation sites (N-methyl/N-ethyl adjacent to an activating group) is 1. The molecule has 0 saturated carbocycles. The second kappa shape index (κ2) is 9.83. The minimum absolute atomic E-state index is 0.330. The third kappa shape index (κ3) is 4.53. The van der Waals surface area contributed by atoms with E-state index in [0.29, 0.717) is 35.7 Å². The molecule has 0 radical (unpaired) electrons. The predicted octanol–water partition coefficient (Wildman–Crippen LogP) is 4.57. The topological polar surface area (TPSA) is 53.1 Å². The van der Waals surface area contributed by atoms with Gasteiger partial charge in [-0.2, -0.15) is 0 Å². The van der Waals surface area contributed by atoms with Gasteiger partial charge >= 0.3 is 0 Å². The van der Waals surface area contributed by atoms with Crippen LogP contribution < -0.4 is 14.5 Å². The van der Waals surface area contributed by atoms with Gasteiger partial charge in [0.25, 0.3) is 11.8 Å². The quantitative estimate of drug-likeness (QED) is 0.466. The largest absolute Gasteiger partial charge is 0.494 e. The van der Waals surface area contributed by atoms with E-state index in [0.717, 1.165) is 17.0 Å². The van der Waals surface area contributed by atoms with Gasteiger partial charge in [-0.1, -0.05) is 48.5 Å². The van der Waals surface area contributed by atoms with E-state index >= 15 is 0 Å². The SMILES string of the molecule is CCOc1ccc(C2=C(N(C)Cc3ccccc3)C(=O)N(c3cccc(N(C)C)c3)C2=O)cc1. The van der Waals surface area contributed by atoms with E-state index < -0.39 is 0 Å². The molecule has 0 bridgehead atoms. The zero-order chi connectivity index (χ0) is 24.2. The minimum Gasteiger partial charge on any atom is -0.494 e. The number of imide groups is 1. The number of benzene rings is 3. The van der Waals surface area contributed by atoms with Gasteiger partial charge in [0.05, 0.1) is 17.9 Å². The number of rotatable bonds is 8. The van der Waals surface area contributed by atoms with Crippen LogP contribution in [0.2, 0.25) is 0 Å². The van der Waals surface area contributed by atoms with Gasteiger partial charge in [0.2, 0.25) is 0 Å². The smallest absolute Gasteiger partial charge is 0.282 e. The van der Waals surface area contributed by atoms with Gasteiger partial charge < -0.3 is 14.5 Å². The van der Waals surface area contributed by atoms with Crippen LogP contribution in [0.1, 0.15) is 18.1 Å². The Morgan fingerprint density at radius 3 is 2.18 bits per heavy atom. The monoisotopic (exact) mass is 455 g/mol. The molecule has 0 aliphatic carbocycles. The lowest BCUT2D eigenvalue weighted by molar-refractivity contribution is -0.120. The van der Waals surface area contributed by atoms with Crippen molar-refractivity contribution in [1.29, 1.82) is 0 Å². The fourth-order valence-electron chi connectivity index (χ4n) is 4.10. The molecule has 0 aromatic heterocycles. The summed E-state index contributed by atoms with van der Waals surface area (Å²) in [5, 5.41) is 0. The Morgan fingerprint density at radius 1 is 0.824 bits per heavy atom. The first-order valence-corrected chi connectivity index (χ1v) is 11.3. The number of carbonyl (C=O) groups excluding carboxylic acids is 2. The molecule has 0 atom stereocenters. The standard InChI is InChI=1S/C28H29N3O3/c1-5-34-24-16-14-21(15-17-24)25-26(30(4)19-20-10-7-6-8-11-20)28(33)31(27(25)32)23-13-9-12-22(18-23)29(2)3/h6-18H,5,19H2,1-4H3. The zero-order valence-electron chi connectivity index (χ0n) is 20.0. The summed E-state index contributed by atoms with van der Waals surface area (Å²) in [5.74, 6) is 0.0570. The van der Waals surface area contributed by atoms with Gasteiger partial charge in [-0.05, 0) is 48.4 Å². The van der Waals surface area contributed by atoms with Gasteiger partial charge in [0.1, 0.15) is 11.4 Å². The fraction of sp³-hybridized carbons (Fsp3) is 0.214. The Labute approximate surface area is 200 Å². The second-order valence-electron chi connectivity index (χ2n) is 8.38. The highest BCUT2D eigenvalue weighted by molar-refractivity contribution is 6.45. The molecule has 0 spiro atoms. The predicted molar refractivity (Wildman–Crippen MR) is 136 cm³/mol. The molecule has 0 fully saturated rings. The molecule has 2 amide bonds. The van der Waals surface area contributed by atoms with Gasteiger partial charge in [-0.3, -0.25) is 9.59 Å². The minimum atomic E-state index is -0.333. The lowest BCUT2D eigenvalue weighted by atomic mass is 10.0. The highest BCUT2D eigenvalue weighted by Crippen LogP contribution is 2.36. The van der Waals surface area contributed by atoms with Crippen LogP contribution in [0.5, 0.6) is 5.75 Å². The van der Waals surface area contributed by atoms with Gasteiger partial charge in [-0.25, -0.2) is 4.90 Å². The molecule has 0 N–H and O–H groups in total. The average Bonchev–Trinajstić information content (AvgIpc) is 3.10. The van der Waals surface area contributed by atoms with E-state index in [1.54, 1.807) is 6.07 Å². The van der Waals surface area contributed by atoms with Crippen molar-refractivity contribution in [2.24, 2.45) is 0 Å². The number of ether oxygens (including phenoxy) is 1. The molecule has 174 valence electrons. The van der Waals surface area contributed by atoms with E-state index in [1.807, 2.05) is 111 Å². The van der Waals surface area contributed by atoms with Crippen molar-refractivity contribution in [3.05, 3.63) is 95.7 Å². The molecule has 1 aliphatic rings. The highest BCUT2D eigenvalue weighted by Gasteiger charge is 2.41. The van der Waals surface area contributed by atoms with Crippen LogP contribution in [0, 0.1) is 0 Å². The summed E-state index contributed by atoms with van der Waals surface area (Å²) in [4.78, 5) is 32.6.